The molecule has 3 rings (SSSR count). The molecule has 1 heterocycles. The van der Waals surface area contributed by atoms with E-state index in [0.717, 1.165) is 30.8 Å². The number of amides is 1. The van der Waals surface area contributed by atoms with Crippen LogP contribution in [0.3, 0.4) is 0 Å². The Morgan fingerprint density at radius 3 is 2.70 bits per heavy atom. The van der Waals surface area contributed by atoms with Crippen LogP contribution in [-0.2, 0) is 11.2 Å². The SMILES string of the molecule is O=C1CCC(NC2(Cc3ccc(Cl)cc3)CC2)CCN1. The molecule has 1 aromatic carbocycles. The first-order chi connectivity index (χ1) is 9.65. The number of carbonyl (C=O) groups is 1. The summed E-state index contributed by atoms with van der Waals surface area (Å²) >= 11 is 5.93. The minimum Gasteiger partial charge on any atom is -0.356 e. The van der Waals surface area contributed by atoms with Crippen LogP contribution in [0.4, 0.5) is 0 Å². The molecular weight excluding hydrogens is 272 g/mol. The monoisotopic (exact) mass is 292 g/mol. The highest BCUT2D eigenvalue weighted by atomic mass is 35.5. The van der Waals surface area contributed by atoms with Crippen molar-refractivity contribution in [2.45, 2.75) is 50.1 Å². The Kier molecular flexibility index (Phi) is 3.99. The standard InChI is InChI=1S/C16H21ClN2O/c17-13-3-1-12(2-4-13)11-16(8-9-16)19-14-5-6-15(20)18-10-7-14/h1-4,14,19H,5-11H2,(H,18,20). The zero-order valence-electron chi connectivity index (χ0n) is 11.6. The van der Waals surface area contributed by atoms with E-state index in [-0.39, 0.29) is 11.4 Å². The molecule has 1 saturated carbocycles. The van der Waals surface area contributed by atoms with Crippen LogP contribution in [-0.4, -0.2) is 24.0 Å². The summed E-state index contributed by atoms with van der Waals surface area (Å²) in [5.74, 6) is 0.192. The van der Waals surface area contributed by atoms with E-state index in [1.54, 1.807) is 0 Å². The zero-order chi connectivity index (χ0) is 14.0. The highest BCUT2D eigenvalue weighted by molar-refractivity contribution is 6.30. The van der Waals surface area contributed by atoms with Crippen LogP contribution in [0.25, 0.3) is 0 Å². The molecule has 0 aromatic heterocycles. The normalized spacial score (nSPS) is 24.9. The van der Waals surface area contributed by atoms with Crippen LogP contribution in [0.1, 0.15) is 37.7 Å². The van der Waals surface area contributed by atoms with Gasteiger partial charge in [0.25, 0.3) is 0 Å². The van der Waals surface area contributed by atoms with Gasteiger partial charge >= 0.3 is 0 Å². The molecule has 3 nitrogen and oxygen atoms in total. The largest absolute Gasteiger partial charge is 0.356 e. The smallest absolute Gasteiger partial charge is 0.220 e. The van der Waals surface area contributed by atoms with Gasteiger partial charge in [0, 0.05) is 29.6 Å². The highest BCUT2D eigenvalue weighted by Gasteiger charge is 2.43. The summed E-state index contributed by atoms with van der Waals surface area (Å²) in [4.78, 5) is 11.4. The number of benzene rings is 1. The minimum absolute atomic E-state index is 0.192. The van der Waals surface area contributed by atoms with E-state index in [1.807, 2.05) is 12.1 Å². The fraction of sp³-hybridized carbons (Fsp3) is 0.562. The van der Waals surface area contributed by atoms with E-state index in [4.69, 9.17) is 11.6 Å². The topological polar surface area (TPSA) is 41.1 Å². The second-order valence-corrected chi connectivity index (χ2v) is 6.54. The summed E-state index contributed by atoms with van der Waals surface area (Å²) in [5, 5.41) is 7.54. The van der Waals surface area contributed by atoms with Gasteiger partial charge in [-0.2, -0.15) is 0 Å². The van der Waals surface area contributed by atoms with Gasteiger partial charge in [-0.25, -0.2) is 0 Å². The molecule has 2 N–H and O–H groups in total. The molecule has 20 heavy (non-hydrogen) atoms. The molecule has 4 heteroatoms. The van der Waals surface area contributed by atoms with Gasteiger partial charge < -0.3 is 10.6 Å². The number of hydrogen-bond acceptors (Lipinski definition) is 2. The first kappa shape index (κ1) is 13.9. The molecule has 1 aliphatic heterocycles. The molecule has 2 fully saturated rings. The van der Waals surface area contributed by atoms with Gasteiger partial charge in [-0.1, -0.05) is 23.7 Å². The summed E-state index contributed by atoms with van der Waals surface area (Å²) < 4.78 is 0. The maximum absolute atomic E-state index is 11.4. The molecule has 1 atom stereocenters. The lowest BCUT2D eigenvalue weighted by molar-refractivity contribution is -0.120. The molecule has 108 valence electrons. The van der Waals surface area contributed by atoms with E-state index in [1.165, 1.54) is 18.4 Å². The van der Waals surface area contributed by atoms with Crippen molar-refractivity contribution in [1.29, 1.82) is 0 Å². The van der Waals surface area contributed by atoms with E-state index in [0.29, 0.717) is 12.5 Å². The lowest BCUT2D eigenvalue weighted by Gasteiger charge is -2.24. The number of carbonyl (C=O) groups excluding carboxylic acids is 1. The van der Waals surface area contributed by atoms with Crippen molar-refractivity contribution in [2.24, 2.45) is 0 Å². The number of hydrogen-bond donors (Lipinski definition) is 2. The average Bonchev–Trinajstić information content (AvgIpc) is 3.20. The summed E-state index contributed by atoms with van der Waals surface area (Å²) in [6.45, 7) is 0.799. The third-order valence-corrected chi connectivity index (χ3v) is 4.61. The van der Waals surface area contributed by atoms with Crippen LogP contribution >= 0.6 is 11.6 Å². The van der Waals surface area contributed by atoms with Crippen molar-refractivity contribution >= 4 is 17.5 Å². The van der Waals surface area contributed by atoms with Crippen LogP contribution in [0, 0.1) is 0 Å². The fourth-order valence-corrected chi connectivity index (χ4v) is 3.14. The van der Waals surface area contributed by atoms with Crippen molar-refractivity contribution in [3.05, 3.63) is 34.9 Å². The van der Waals surface area contributed by atoms with Crippen molar-refractivity contribution in [3.63, 3.8) is 0 Å². The van der Waals surface area contributed by atoms with Crippen molar-refractivity contribution < 1.29 is 4.79 Å². The minimum atomic E-state index is 0.192. The van der Waals surface area contributed by atoms with Crippen LogP contribution in [0.15, 0.2) is 24.3 Å². The zero-order valence-corrected chi connectivity index (χ0v) is 12.4. The highest BCUT2D eigenvalue weighted by Crippen LogP contribution is 2.39. The fourth-order valence-electron chi connectivity index (χ4n) is 3.02. The van der Waals surface area contributed by atoms with Gasteiger partial charge in [0.1, 0.15) is 0 Å². The summed E-state index contributed by atoms with van der Waals surface area (Å²) in [5.41, 5.74) is 1.59. The Labute approximate surface area is 125 Å². The maximum atomic E-state index is 11.4. The van der Waals surface area contributed by atoms with Gasteiger partial charge in [0.05, 0.1) is 0 Å². The van der Waals surface area contributed by atoms with Crippen molar-refractivity contribution in [2.75, 3.05) is 6.54 Å². The third kappa shape index (κ3) is 3.53. The maximum Gasteiger partial charge on any atom is 0.220 e. The molecule has 0 spiro atoms. The van der Waals surface area contributed by atoms with Gasteiger partial charge in [-0.3, -0.25) is 4.79 Å². The Morgan fingerprint density at radius 1 is 1.25 bits per heavy atom. The van der Waals surface area contributed by atoms with E-state index < -0.39 is 0 Å². The van der Waals surface area contributed by atoms with Gasteiger partial charge in [-0.15, -0.1) is 0 Å². The predicted molar refractivity (Wildman–Crippen MR) is 80.9 cm³/mol. The molecule has 1 saturated heterocycles. The number of nitrogens with one attached hydrogen (secondary N) is 2. The van der Waals surface area contributed by atoms with E-state index in [9.17, 15) is 4.79 Å². The first-order valence-corrected chi connectivity index (χ1v) is 7.82. The lowest BCUT2D eigenvalue weighted by Crippen LogP contribution is -2.42. The van der Waals surface area contributed by atoms with E-state index in [2.05, 4.69) is 22.8 Å². The lowest BCUT2D eigenvalue weighted by atomic mass is 10.0. The molecule has 1 amide bonds. The summed E-state index contributed by atoms with van der Waals surface area (Å²) in [6, 6.07) is 8.61. The van der Waals surface area contributed by atoms with Crippen LogP contribution in [0.2, 0.25) is 5.02 Å². The van der Waals surface area contributed by atoms with Crippen molar-refractivity contribution in [3.8, 4) is 0 Å². The molecule has 2 aliphatic rings. The van der Waals surface area contributed by atoms with E-state index >= 15 is 0 Å². The summed E-state index contributed by atoms with van der Waals surface area (Å²) in [6.07, 6.45) is 6.15. The number of halogens is 1. The Hall–Kier alpha value is -1.06. The Balaban J connectivity index is 1.58. The second-order valence-electron chi connectivity index (χ2n) is 6.10. The molecular formula is C16H21ClN2O. The summed E-state index contributed by atoms with van der Waals surface area (Å²) in [7, 11) is 0. The molecule has 1 unspecified atom stereocenters. The second kappa shape index (κ2) is 5.74. The average molecular weight is 293 g/mol. The number of rotatable bonds is 4. The molecule has 0 bridgehead atoms. The Morgan fingerprint density at radius 2 is 2.00 bits per heavy atom. The van der Waals surface area contributed by atoms with Crippen LogP contribution < -0.4 is 10.6 Å². The molecule has 1 aliphatic carbocycles. The molecule has 1 aromatic rings. The van der Waals surface area contributed by atoms with Gasteiger partial charge in [-0.05, 0) is 49.8 Å². The molecule has 0 radical (unpaired) electrons. The van der Waals surface area contributed by atoms with Crippen LogP contribution in [0.5, 0.6) is 0 Å². The first-order valence-electron chi connectivity index (χ1n) is 7.44. The quantitative estimate of drug-likeness (QED) is 0.896. The van der Waals surface area contributed by atoms with Crippen molar-refractivity contribution in [1.82, 2.24) is 10.6 Å². The third-order valence-electron chi connectivity index (χ3n) is 4.35. The Bertz CT molecular complexity index is 482. The van der Waals surface area contributed by atoms with Gasteiger partial charge in [0.15, 0.2) is 0 Å². The predicted octanol–water partition coefficient (Wildman–Crippen LogP) is 2.67. The van der Waals surface area contributed by atoms with Gasteiger partial charge in [0.2, 0.25) is 5.91 Å².